The van der Waals surface area contributed by atoms with Crippen molar-refractivity contribution in [3.8, 4) is 0 Å². The summed E-state index contributed by atoms with van der Waals surface area (Å²) in [5.41, 5.74) is 0. The second-order valence-corrected chi connectivity index (χ2v) is 4.26. The van der Waals surface area contributed by atoms with Crippen LogP contribution in [0, 0.1) is 11.6 Å². The van der Waals surface area contributed by atoms with E-state index in [9.17, 15) is 8.78 Å². The highest BCUT2D eigenvalue weighted by atomic mass is 32.2. The molecule has 0 aliphatic heterocycles. The lowest BCUT2D eigenvalue weighted by atomic mass is 10.2. The zero-order valence-electron chi connectivity index (χ0n) is 5.84. The fraction of sp³-hybridized carbons (Fsp3) is 0. The Balaban J connectivity index is 2.83. The van der Waals surface area contributed by atoms with Gasteiger partial charge in [0.25, 0.3) is 0 Å². The highest BCUT2D eigenvalue weighted by Gasteiger charge is 2.05. The maximum Gasteiger partial charge on any atom is 0.160 e. The first-order valence-corrected chi connectivity index (χ1v) is 4.51. The summed E-state index contributed by atoms with van der Waals surface area (Å²) < 4.78 is 26.8. The molecule has 0 aliphatic rings. The van der Waals surface area contributed by atoms with E-state index in [4.69, 9.17) is 0 Å². The maximum atomic E-state index is 12.7. The van der Waals surface area contributed by atoms with Crippen LogP contribution in [0.15, 0.2) is 22.4 Å². The molecule has 2 aromatic rings. The molecular formula is C8H4F2S2. The third-order valence-corrected chi connectivity index (χ3v) is 2.85. The summed E-state index contributed by atoms with van der Waals surface area (Å²) in [6.45, 7) is 0. The maximum absolute atomic E-state index is 12.7. The number of rotatable bonds is 0. The van der Waals surface area contributed by atoms with Gasteiger partial charge in [-0.25, -0.2) is 8.78 Å². The molecule has 4 heteroatoms. The van der Waals surface area contributed by atoms with Gasteiger partial charge in [0.15, 0.2) is 11.6 Å². The van der Waals surface area contributed by atoms with Crippen LogP contribution in [0.5, 0.6) is 0 Å². The zero-order chi connectivity index (χ0) is 8.72. The molecule has 0 saturated heterocycles. The molecule has 0 spiro atoms. The van der Waals surface area contributed by atoms with Crippen LogP contribution in [0.25, 0.3) is 10.1 Å². The Morgan fingerprint density at radius 3 is 2.50 bits per heavy atom. The van der Waals surface area contributed by atoms with Crippen molar-refractivity contribution in [3.05, 3.63) is 29.8 Å². The number of hydrogen-bond acceptors (Lipinski definition) is 2. The molecule has 0 N–H and O–H groups in total. The number of hydrogen-bond donors (Lipinski definition) is 1. The molecule has 0 saturated carbocycles. The van der Waals surface area contributed by atoms with E-state index in [1.165, 1.54) is 23.5 Å². The van der Waals surface area contributed by atoms with E-state index in [0.717, 1.165) is 8.91 Å². The normalized spacial score (nSPS) is 10.9. The lowest BCUT2D eigenvalue weighted by Gasteiger charge is -1.91. The molecule has 0 unspecified atom stereocenters. The van der Waals surface area contributed by atoms with Crippen LogP contribution in [0.3, 0.4) is 0 Å². The monoisotopic (exact) mass is 202 g/mol. The van der Waals surface area contributed by atoms with Crippen LogP contribution < -0.4 is 0 Å². The van der Waals surface area contributed by atoms with Crippen LogP contribution in [-0.4, -0.2) is 0 Å². The molecule has 0 bridgehead atoms. The standard InChI is InChI=1S/C8H4F2S2/c9-5-1-4-2-8(11)12-7(4)3-6(5)10/h1-3,11H. The van der Waals surface area contributed by atoms with Gasteiger partial charge in [0.05, 0.1) is 4.21 Å². The van der Waals surface area contributed by atoms with Crippen LogP contribution in [-0.2, 0) is 0 Å². The number of thiophene rings is 1. The van der Waals surface area contributed by atoms with Gasteiger partial charge >= 0.3 is 0 Å². The van der Waals surface area contributed by atoms with Crippen molar-refractivity contribution in [3.63, 3.8) is 0 Å². The fourth-order valence-electron chi connectivity index (χ4n) is 1.02. The summed E-state index contributed by atoms with van der Waals surface area (Å²) in [5.74, 6) is -1.62. The van der Waals surface area contributed by atoms with Gasteiger partial charge in [0, 0.05) is 4.70 Å². The Morgan fingerprint density at radius 1 is 1.08 bits per heavy atom. The summed E-state index contributed by atoms with van der Waals surface area (Å²) in [6, 6.07) is 4.08. The Morgan fingerprint density at radius 2 is 1.75 bits per heavy atom. The van der Waals surface area contributed by atoms with E-state index in [1.54, 1.807) is 6.07 Å². The fourth-order valence-corrected chi connectivity index (χ4v) is 2.26. The van der Waals surface area contributed by atoms with Gasteiger partial charge in [-0.2, -0.15) is 0 Å². The van der Waals surface area contributed by atoms with Crippen molar-refractivity contribution >= 4 is 34.1 Å². The first kappa shape index (κ1) is 8.01. The van der Waals surface area contributed by atoms with Crippen molar-refractivity contribution in [2.45, 2.75) is 4.21 Å². The van der Waals surface area contributed by atoms with Gasteiger partial charge < -0.3 is 0 Å². The van der Waals surface area contributed by atoms with Crippen LogP contribution in [0.1, 0.15) is 0 Å². The number of benzene rings is 1. The average Bonchev–Trinajstić information content (AvgIpc) is 2.30. The molecule has 0 amide bonds. The summed E-state index contributed by atoms with van der Waals surface area (Å²) in [7, 11) is 0. The van der Waals surface area contributed by atoms with E-state index in [0.29, 0.717) is 5.39 Å². The molecular weight excluding hydrogens is 198 g/mol. The van der Waals surface area contributed by atoms with Crippen LogP contribution >= 0.6 is 24.0 Å². The predicted octanol–water partition coefficient (Wildman–Crippen LogP) is 3.47. The third kappa shape index (κ3) is 1.21. The largest absolute Gasteiger partial charge is 0.204 e. The Kier molecular flexibility index (Phi) is 1.81. The molecule has 12 heavy (non-hydrogen) atoms. The molecule has 0 fully saturated rings. The summed E-state index contributed by atoms with van der Waals surface area (Å²) in [4.78, 5) is 0. The lowest BCUT2D eigenvalue weighted by Crippen LogP contribution is -1.79. The first-order chi connectivity index (χ1) is 5.66. The van der Waals surface area contributed by atoms with Crippen LogP contribution in [0.2, 0.25) is 0 Å². The van der Waals surface area contributed by atoms with Gasteiger partial charge in [0.2, 0.25) is 0 Å². The van der Waals surface area contributed by atoms with E-state index in [-0.39, 0.29) is 0 Å². The quantitative estimate of drug-likeness (QED) is 0.621. The van der Waals surface area contributed by atoms with Gasteiger partial charge in [-0.1, -0.05) is 0 Å². The number of fused-ring (bicyclic) bond motifs is 1. The lowest BCUT2D eigenvalue weighted by molar-refractivity contribution is 0.511. The number of thiol groups is 1. The van der Waals surface area contributed by atoms with Crippen molar-refractivity contribution in [1.29, 1.82) is 0 Å². The molecule has 0 nitrogen and oxygen atoms in total. The SMILES string of the molecule is Fc1cc2cc(S)sc2cc1F. The third-order valence-electron chi connectivity index (χ3n) is 1.55. The number of halogens is 2. The van der Waals surface area contributed by atoms with E-state index in [2.05, 4.69) is 12.6 Å². The van der Waals surface area contributed by atoms with Crippen molar-refractivity contribution in [1.82, 2.24) is 0 Å². The smallest absolute Gasteiger partial charge is 0.160 e. The van der Waals surface area contributed by atoms with Gasteiger partial charge in [-0.15, -0.1) is 24.0 Å². The molecule has 1 aromatic heterocycles. The summed E-state index contributed by atoms with van der Waals surface area (Å²) in [5, 5.41) is 0.698. The second-order valence-electron chi connectivity index (χ2n) is 2.39. The highest BCUT2D eigenvalue weighted by Crippen LogP contribution is 2.29. The Labute approximate surface area is 77.2 Å². The minimum Gasteiger partial charge on any atom is -0.204 e. The average molecular weight is 202 g/mol. The minimum atomic E-state index is -0.811. The van der Waals surface area contributed by atoms with Gasteiger partial charge in [0.1, 0.15) is 0 Å². The van der Waals surface area contributed by atoms with Crippen molar-refractivity contribution in [2.75, 3.05) is 0 Å². The topological polar surface area (TPSA) is 0 Å². The predicted molar refractivity (Wildman–Crippen MR) is 49.0 cm³/mol. The molecule has 62 valence electrons. The Bertz CT molecular complexity index is 395. The molecule has 0 aliphatic carbocycles. The van der Waals surface area contributed by atoms with E-state index in [1.807, 2.05) is 0 Å². The molecule has 0 radical (unpaired) electrons. The molecule has 1 aromatic carbocycles. The van der Waals surface area contributed by atoms with E-state index < -0.39 is 11.6 Å². The van der Waals surface area contributed by atoms with Gasteiger partial charge in [-0.3, -0.25) is 0 Å². The zero-order valence-corrected chi connectivity index (χ0v) is 7.55. The van der Waals surface area contributed by atoms with Crippen LogP contribution in [0.4, 0.5) is 8.78 Å². The highest BCUT2D eigenvalue weighted by molar-refractivity contribution is 7.83. The second kappa shape index (κ2) is 2.71. The van der Waals surface area contributed by atoms with E-state index >= 15 is 0 Å². The van der Waals surface area contributed by atoms with Gasteiger partial charge in [-0.05, 0) is 23.6 Å². The Hall–Kier alpha value is -0.610. The molecule has 0 atom stereocenters. The summed E-state index contributed by atoms with van der Waals surface area (Å²) >= 11 is 5.42. The van der Waals surface area contributed by atoms with Crippen molar-refractivity contribution in [2.24, 2.45) is 0 Å². The van der Waals surface area contributed by atoms with Crippen molar-refractivity contribution < 1.29 is 8.78 Å². The minimum absolute atomic E-state index is 0.698. The summed E-state index contributed by atoms with van der Waals surface area (Å²) in [6.07, 6.45) is 0. The molecule has 1 heterocycles. The first-order valence-electron chi connectivity index (χ1n) is 3.24. The molecule has 2 rings (SSSR count).